The predicted octanol–water partition coefficient (Wildman–Crippen LogP) is 4.22. The maximum Gasteiger partial charge on any atom is 0.252 e. The summed E-state index contributed by atoms with van der Waals surface area (Å²) in [7, 11) is 5.82. The van der Waals surface area contributed by atoms with E-state index in [0.717, 1.165) is 59.1 Å². The van der Waals surface area contributed by atoms with E-state index in [1.807, 2.05) is 51.1 Å². The molecule has 1 aliphatic carbocycles. The predicted molar refractivity (Wildman–Crippen MR) is 140 cm³/mol. The maximum atomic E-state index is 13.6. The summed E-state index contributed by atoms with van der Waals surface area (Å²) in [6.45, 7) is 6.86. The van der Waals surface area contributed by atoms with Crippen LogP contribution in [0, 0.1) is 25.7 Å². The van der Waals surface area contributed by atoms with Crippen molar-refractivity contribution in [1.82, 2.24) is 15.2 Å². The summed E-state index contributed by atoms with van der Waals surface area (Å²) >= 11 is 0. The topological polar surface area (TPSA) is 54.5 Å². The van der Waals surface area contributed by atoms with Crippen LogP contribution < -0.4 is 10.1 Å². The molecule has 2 heterocycles. The van der Waals surface area contributed by atoms with Crippen LogP contribution >= 0.6 is 0 Å². The average molecular weight is 481 g/mol. The Labute approximate surface area is 210 Å². The first-order chi connectivity index (χ1) is 16.8. The number of fused-ring (bicyclic) bond motifs is 1. The first-order valence-electron chi connectivity index (χ1n) is 12.2. The van der Waals surface area contributed by atoms with Gasteiger partial charge in [0.15, 0.2) is 0 Å². The third-order valence-corrected chi connectivity index (χ3v) is 7.75. The molecule has 1 saturated carbocycles. The van der Waals surface area contributed by atoms with Crippen LogP contribution in [0.3, 0.4) is 0 Å². The van der Waals surface area contributed by atoms with Gasteiger partial charge in [0.1, 0.15) is 5.75 Å². The lowest BCUT2D eigenvalue weighted by atomic mass is 9.95. The summed E-state index contributed by atoms with van der Waals surface area (Å²) in [5.41, 5.74) is 4.92. The van der Waals surface area contributed by atoms with Crippen LogP contribution in [-0.2, 0) is 5.54 Å². The van der Waals surface area contributed by atoms with Gasteiger partial charge >= 0.3 is 0 Å². The minimum Gasteiger partial charge on any atom is -0.493 e. The molecular weight excluding hydrogens is 450 g/mol. The highest BCUT2D eigenvalue weighted by Crippen LogP contribution is 2.48. The highest BCUT2D eigenvalue weighted by atomic mass is 28.1. The zero-order chi connectivity index (χ0) is 24.7. The number of benzene rings is 2. The fourth-order valence-electron chi connectivity index (χ4n) is 4.88. The number of carbonyl (C=O) groups is 1. The Bertz CT molecular complexity index is 1370. The van der Waals surface area contributed by atoms with Crippen molar-refractivity contribution in [3.8, 4) is 17.6 Å². The Hall–Kier alpha value is -3.14. The molecule has 1 aromatic heterocycles. The van der Waals surface area contributed by atoms with Gasteiger partial charge in [-0.25, -0.2) is 0 Å². The van der Waals surface area contributed by atoms with Gasteiger partial charge in [-0.1, -0.05) is 18.1 Å². The number of likely N-dealkylation sites (tertiary alicyclic amines) is 1. The number of likely N-dealkylation sites (N-methyl/N-ethyl adjacent to an activating group) is 1. The summed E-state index contributed by atoms with van der Waals surface area (Å²) in [5, 5.41) is 4.42. The molecule has 2 aromatic carbocycles. The first-order valence-corrected chi connectivity index (χ1v) is 12.7. The van der Waals surface area contributed by atoms with Gasteiger partial charge in [0, 0.05) is 28.2 Å². The molecule has 2 atom stereocenters. The molecule has 0 spiro atoms. The number of aromatic nitrogens is 1. The fraction of sp³-hybridized carbons (Fsp3) is 0.379. The van der Waals surface area contributed by atoms with E-state index in [-0.39, 0.29) is 11.6 Å². The number of nitrogens with zero attached hydrogens (tertiary/aromatic N) is 2. The van der Waals surface area contributed by atoms with Gasteiger partial charge in [-0.15, -0.1) is 5.92 Å². The van der Waals surface area contributed by atoms with Crippen molar-refractivity contribution in [1.29, 1.82) is 0 Å². The monoisotopic (exact) mass is 480 g/mol. The zero-order valence-corrected chi connectivity index (χ0v) is 21.7. The Morgan fingerprint density at radius 3 is 2.69 bits per heavy atom. The van der Waals surface area contributed by atoms with E-state index in [1.54, 1.807) is 0 Å². The lowest BCUT2D eigenvalue weighted by Gasteiger charge is -2.41. The first kappa shape index (κ1) is 23.6. The number of nitrogens with one attached hydrogen (secondary N) is 1. The SMILES string of the molecule is CC#Cc1cc(C2(NC(=O)c3cc(O[C@@H]([Si])[C@@H]4CCN4C)ccc3C)CC2)c2ccc(C)nc2c1. The number of carbonyl (C=O) groups excluding carboxylic acids is 1. The van der Waals surface area contributed by atoms with Crippen LogP contribution in [0.4, 0.5) is 0 Å². The Morgan fingerprint density at radius 1 is 1.23 bits per heavy atom. The van der Waals surface area contributed by atoms with Crippen molar-refractivity contribution in [3.05, 3.63) is 70.4 Å². The van der Waals surface area contributed by atoms with E-state index in [2.05, 4.69) is 51.5 Å². The molecule has 1 saturated heterocycles. The minimum atomic E-state index is -0.409. The van der Waals surface area contributed by atoms with Crippen molar-refractivity contribution in [2.45, 2.75) is 57.3 Å². The highest BCUT2D eigenvalue weighted by Gasteiger charge is 2.47. The van der Waals surface area contributed by atoms with E-state index in [4.69, 9.17) is 9.72 Å². The molecule has 2 fully saturated rings. The quantitative estimate of drug-likeness (QED) is 0.424. The second kappa shape index (κ2) is 9.14. The molecule has 1 amide bonds. The van der Waals surface area contributed by atoms with Crippen LogP contribution in [0.5, 0.6) is 5.75 Å². The van der Waals surface area contributed by atoms with Gasteiger partial charge in [-0.3, -0.25) is 9.78 Å². The molecule has 35 heavy (non-hydrogen) atoms. The smallest absolute Gasteiger partial charge is 0.252 e. The minimum absolute atomic E-state index is 0.0862. The van der Waals surface area contributed by atoms with E-state index in [1.165, 1.54) is 0 Å². The number of pyridine rings is 1. The van der Waals surface area contributed by atoms with Gasteiger partial charge in [0.05, 0.1) is 27.0 Å². The Balaban J connectivity index is 1.43. The molecule has 0 unspecified atom stereocenters. The van der Waals surface area contributed by atoms with Crippen molar-refractivity contribution in [3.63, 3.8) is 0 Å². The van der Waals surface area contributed by atoms with Crippen LogP contribution in [0.15, 0.2) is 42.5 Å². The van der Waals surface area contributed by atoms with Crippen molar-refractivity contribution in [2.24, 2.45) is 0 Å². The number of rotatable bonds is 6. The summed E-state index contributed by atoms with van der Waals surface area (Å²) in [6, 6.07) is 14.3. The Kier molecular flexibility index (Phi) is 6.16. The van der Waals surface area contributed by atoms with Gasteiger partial charge < -0.3 is 15.0 Å². The van der Waals surface area contributed by atoms with Gasteiger partial charge in [-0.05, 0) is 95.1 Å². The number of aryl methyl sites for hydroxylation is 2. The standard InChI is InChI=1S/C29H30N3O2Si/c1-5-6-20-15-24(22-10-8-19(3)30-25(22)16-20)29(12-13-29)31-27(33)23-17-21(9-7-18(23)2)34-28(35)26-11-14-32(26)4/h7-10,15-17,26,28H,11-14H2,1-4H3,(H,31,33)/t26-,28-/m0/s1. The largest absolute Gasteiger partial charge is 0.493 e. The molecule has 2 aliphatic rings. The summed E-state index contributed by atoms with van der Waals surface area (Å²) in [5.74, 6) is 6.77. The van der Waals surface area contributed by atoms with Crippen molar-refractivity contribution >= 4 is 27.1 Å². The van der Waals surface area contributed by atoms with E-state index >= 15 is 0 Å². The van der Waals surface area contributed by atoms with E-state index in [9.17, 15) is 4.79 Å². The molecule has 5 rings (SSSR count). The molecule has 1 aliphatic heterocycles. The molecule has 177 valence electrons. The van der Waals surface area contributed by atoms with Crippen LogP contribution in [0.1, 0.15) is 58.9 Å². The molecule has 6 heteroatoms. The lowest BCUT2D eigenvalue weighted by Crippen LogP contribution is -2.53. The normalized spacial score (nSPS) is 19.3. The lowest BCUT2D eigenvalue weighted by molar-refractivity contribution is 0.0562. The molecule has 1 N–H and O–H groups in total. The number of amides is 1. The van der Waals surface area contributed by atoms with Crippen molar-refractivity contribution < 1.29 is 9.53 Å². The van der Waals surface area contributed by atoms with E-state index < -0.39 is 5.54 Å². The van der Waals surface area contributed by atoms with Crippen LogP contribution in [0.25, 0.3) is 10.9 Å². The number of hydrogen-bond acceptors (Lipinski definition) is 4. The van der Waals surface area contributed by atoms with Crippen molar-refractivity contribution in [2.75, 3.05) is 13.6 Å². The molecule has 3 radical (unpaired) electrons. The summed E-state index contributed by atoms with van der Waals surface area (Å²) in [6.07, 6.45) is 2.87. The van der Waals surface area contributed by atoms with Crippen LogP contribution in [-0.4, -0.2) is 51.4 Å². The molecule has 3 aromatic rings. The number of hydrogen-bond donors (Lipinski definition) is 1. The second-order valence-electron chi connectivity index (χ2n) is 9.81. The second-order valence-corrected chi connectivity index (χ2v) is 10.4. The zero-order valence-electron chi connectivity index (χ0n) is 20.7. The maximum absolute atomic E-state index is 13.6. The summed E-state index contributed by atoms with van der Waals surface area (Å²) in [4.78, 5) is 20.6. The molecular formula is C29H30N3O2Si. The Morgan fingerprint density at radius 2 is 2.03 bits per heavy atom. The van der Waals surface area contributed by atoms with Gasteiger partial charge in [0.2, 0.25) is 0 Å². The van der Waals surface area contributed by atoms with Gasteiger partial charge in [-0.2, -0.15) is 0 Å². The van der Waals surface area contributed by atoms with E-state index in [0.29, 0.717) is 17.4 Å². The third-order valence-electron chi connectivity index (χ3n) is 7.24. The summed E-state index contributed by atoms with van der Waals surface area (Å²) < 4.78 is 6.14. The van der Waals surface area contributed by atoms with Crippen LogP contribution in [0.2, 0.25) is 0 Å². The van der Waals surface area contributed by atoms with Gasteiger partial charge in [0.25, 0.3) is 5.91 Å². The third kappa shape index (κ3) is 4.59. The highest BCUT2D eigenvalue weighted by molar-refractivity contribution is 6.11. The molecule has 0 bridgehead atoms. The fourth-order valence-corrected chi connectivity index (χ4v) is 5.44. The average Bonchev–Trinajstić information content (AvgIpc) is 3.59. The molecule has 5 nitrogen and oxygen atoms in total. The number of ether oxygens (including phenoxy) is 1.